The first-order valence-corrected chi connectivity index (χ1v) is 6.17. The van der Waals surface area contributed by atoms with Crippen LogP contribution < -0.4 is 5.32 Å². The minimum atomic E-state index is -0.415. The molecule has 0 saturated heterocycles. The lowest BCUT2D eigenvalue weighted by atomic mass is 9.92. The average Bonchev–Trinajstić information content (AvgIpc) is 2.37. The Labute approximate surface area is 103 Å². The fraction of sp³-hybridized carbons (Fsp3) is 0.692. The lowest BCUT2D eigenvalue weighted by Gasteiger charge is -2.27. The Bertz CT molecular complexity index is 404. The monoisotopic (exact) mass is 235 g/mol. The molecule has 0 amide bonds. The number of hydrogen-bond donors (Lipinski definition) is 1. The van der Waals surface area contributed by atoms with Gasteiger partial charge in [-0.25, -0.2) is 9.97 Å². The molecule has 0 fully saturated rings. The van der Waals surface area contributed by atoms with E-state index in [2.05, 4.69) is 15.3 Å². The van der Waals surface area contributed by atoms with E-state index in [1.807, 2.05) is 27.1 Å². The lowest BCUT2D eigenvalue weighted by Crippen LogP contribution is -2.27. The molecule has 1 N–H and O–H groups in total. The normalized spacial score (nSPS) is 20.1. The summed E-state index contributed by atoms with van der Waals surface area (Å²) in [6, 6.07) is 0.401. The Kier molecular flexibility index (Phi) is 3.45. The molecule has 0 bridgehead atoms. The maximum atomic E-state index is 5.43. The number of hydrogen-bond acceptors (Lipinski definition) is 4. The predicted octanol–water partition coefficient (Wildman–Crippen LogP) is 1.95. The molecule has 0 aromatic carbocycles. The van der Waals surface area contributed by atoms with Crippen molar-refractivity contribution in [3.05, 3.63) is 23.3 Å². The van der Waals surface area contributed by atoms with Crippen LogP contribution in [-0.4, -0.2) is 24.1 Å². The van der Waals surface area contributed by atoms with Crippen LogP contribution in [-0.2, 0) is 16.8 Å². The maximum Gasteiger partial charge on any atom is 0.159 e. The van der Waals surface area contributed by atoms with Crippen molar-refractivity contribution in [2.24, 2.45) is 0 Å². The number of methoxy groups -OCH3 is 1. The predicted molar refractivity (Wildman–Crippen MR) is 66.8 cm³/mol. The summed E-state index contributed by atoms with van der Waals surface area (Å²) in [4.78, 5) is 9.13. The summed E-state index contributed by atoms with van der Waals surface area (Å²) in [5.41, 5.74) is 2.00. The van der Waals surface area contributed by atoms with Gasteiger partial charge in [0.2, 0.25) is 0 Å². The fourth-order valence-corrected chi connectivity index (χ4v) is 2.23. The molecule has 0 aliphatic heterocycles. The van der Waals surface area contributed by atoms with Crippen molar-refractivity contribution in [2.75, 3.05) is 14.2 Å². The van der Waals surface area contributed by atoms with Crippen LogP contribution >= 0.6 is 0 Å². The molecule has 17 heavy (non-hydrogen) atoms. The maximum absolute atomic E-state index is 5.43. The van der Waals surface area contributed by atoms with Gasteiger partial charge in [-0.2, -0.15) is 0 Å². The van der Waals surface area contributed by atoms with Crippen molar-refractivity contribution in [1.29, 1.82) is 0 Å². The lowest BCUT2D eigenvalue weighted by molar-refractivity contribution is 0.0111. The quantitative estimate of drug-likeness (QED) is 0.870. The van der Waals surface area contributed by atoms with Crippen LogP contribution in [0, 0.1) is 0 Å². The number of aromatic nitrogens is 2. The molecule has 1 heterocycles. The Hall–Kier alpha value is -1.00. The smallest absolute Gasteiger partial charge is 0.159 e. The molecule has 1 aliphatic rings. The molecule has 0 saturated carbocycles. The summed E-state index contributed by atoms with van der Waals surface area (Å²) in [5.74, 6) is 0.774. The van der Waals surface area contributed by atoms with Crippen LogP contribution in [0.25, 0.3) is 0 Å². The number of nitrogens with one attached hydrogen (secondary N) is 1. The van der Waals surface area contributed by atoms with E-state index in [0.717, 1.165) is 12.2 Å². The van der Waals surface area contributed by atoms with E-state index in [-0.39, 0.29) is 0 Å². The van der Waals surface area contributed by atoms with Crippen LogP contribution in [0.5, 0.6) is 0 Å². The van der Waals surface area contributed by atoms with Gasteiger partial charge in [-0.15, -0.1) is 0 Å². The highest BCUT2D eigenvalue weighted by Crippen LogP contribution is 2.29. The Morgan fingerprint density at radius 1 is 1.47 bits per heavy atom. The molecule has 1 aromatic heterocycles. The highest BCUT2D eigenvalue weighted by Gasteiger charge is 2.27. The molecular formula is C13H21N3O. The summed E-state index contributed by atoms with van der Waals surface area (Å²) >= 11 is 0. The third-order valence-electron chi connectivity index (χ3n) is 3.58. The van der Waals surface area contributed by atoms with E-state index in [9.17, 15) is 0 Å². The van der Waals surface area contributed by atoms with Crippen LogP contribution in [0.1, 0.15) is 49.8 Å². The molecule has 1 aromatic rings. The Morgan fingerprint density at radius 2 is 2.24 bits per heavy atom. The van der Waals surface area contributed by atoms with Gasteiger partial charge in [0.05, 0.1) is 0 Å². The van der Waals surface area contributed by atoms with Crippen molar-refractivity contribution >= 4 is 0 Å². The summed E-state index contributed by atoms with van der Waals surface area (Å²) in [7, 11) is 3.69. The van der Waals surface area contributed by atoms with Crippen molar-refractivity contribution in [2.45, 2.75) is 44.8 Å². The third kappa shape index (κ3) is 2.33. The van der Waals surface area contributed by atoms with Gasteiger partial charge < -0.3 is 10.1 Å². The summed E-state index contributed by atoms with van der Waals surface area (Å²) in [6.07, 6.45) is 5.35. The second kappa shape index (κ2) is 4.70. The largest absolute Gasteiger partial charge is 0.371 e. The van der Waals surface area contributed by atoms with Crippen LogP contribution in [0.2, 0.25) is 0 Å². The minimum absolute atomic E-state index is 0.401. The van der Waals surface area contributed by atoms with E-state index in [1.165, 1.54) is 24.1 Å². The standard InChI is InChI=1S/C13H21N3O/c1-13(2,17-4)12-15-8-9-10(14-3)6-5-7-11(9)16-12/h8,10,14H,5-7H2,1-4H3. The summed E-state index contributed by atoms with van der Waals surface area (Å²) in [6.45, 7) is 3.99. The topological polar surface area (TPSA) is 47.0 Å². The van der Waals surface area contributed by atoms with Gasteiger partial charge in [0, 0.05) is 30.6 Å². The molecule has 0 spiro atoms. The molecule has 2 rings (SSSR count). The first-order chi connectivity index (χ1) is 8.08. The number of nitrogens with zero attached hydrogens (tertiary/aromatic N) is 2. The van der Waals surface area contributed by atoms with E-state index >= 15 is 0 Å². The SMILES string of the molecule is CNC1CCCc2nc(C(C)(C)OC)ncc21. The fourth-order valence-electron chi connectivity index (χ4n) is 2.23. The first-order valence-electron chi connectivity index (χ1n) is 6.17. The molecule has 94 valence electrons. The number of fused-ring (bicyclic) bond motifs is 1. The second-order valence-corrected chi connectivity index (χ2v) is 5.04. The molecule has 4 nitrogen and oxygen atoms in total. The highest BCUT2D eigenvalue weighted by atomic mass is 16.5. The number of aryl methyl sites for hydroxylation is 1. The van der Waals surface area contributed by atoms with E-state index < -0.39 is 5.60 Å². The number of ether oxygens (including phenoxy) is 1. The van der Waals surface area contributed by atoms with Gasteiger partial charge in [0.25, 0.3) is 0 Å². The van der Waals surface area contributed by atoms with Gasteiger partial charge in [-0.3, -0.25) is 0 Å². The highest BCUT2D eigenvalue weighted by molar-refractivity contribution is 5.25. The van der Waals surface area contributed by atoms with Crippen molar-refractivity contribution < 1.29 is 4.74 Å². The van der Waals surface area contributed by atoms with Gasteiger partial charge in [-0.1, -0.05) is 0 Å². The van der Waals surface area contributed by atoms with Gasteiger partial charge >= 0.3 is 0 Å². The zero-order chi connectivity index (χ0) is 12.5. The van der Waals surface area contributed by atoms with Crippen LogP contribution in [0.3, 0.4) is 0 Å². The zero-order valence-corrected chi connectivity index (χ0v) is 11.1. The number of rotatable bonds is 3. The van der Waals surface area contributed by atoms with E-state index in [0.29, 0.717) is 6.04 Å². The Morgan fingerprint density at radius 3 is 2.88 bits per heavy atom. The first kappa shape index (κ1) is 12.5. The summed E-state index contributed by atoms with van der Waals surface area (Å²) in [5, 5.41) is 3.32. The third-order valence-corrected chi connectivity index (χ3v) is 3.58. The molecule has 4 heteroatoms. The zero-order valence-electron chi connectivity index (χ0n) is 11.1. The van der Waals surface area contributed by atoms with Crippen LogP contribution in [0.4, 0.5) is 0 Å². The van der Waals surface area contributed by atoms with Gasteiger partial charge in [0.15, 0.2) is 5.82 Å². The van der Waals surface area contributed by atoms with Gasteiger partial charge in [0.1, 0.15) is 5.60 Å². The van der Waals surface area contributed by atoms with E-state index in [4.69, 9.17) is 4.74 Å². The molecule has 1 unspecified atom stereocenters. The second-order valence-electron chi connectivity index (χ2n) is 5.04. The van der Waals surface area contributed by atoms with Crippen LogP contribution in [0.15, 0.2) is 6.20 Å². The average molecular weight is 235 g/mol. The minimum Gasteiger partial charge on any atom is -0.371 e. The molecule has 1 aliphatic carbocycles. The summed E-state index contributed by atoms with van der Waals surface area (Å²) < 4.78 is 5.43. The van der Waals surface area contributed by atoms with Gasteiger partial charge in [-0.05, 0) is 40.2 Å². The molecule has 1 atom stereocenters. The van der Waals surface area contributed by atoms with Crippen molar-refractivity contribution in [3.8, 4) is 0 Å². The van der Waals surface area contributed by atoms with Crippen molar-refractivity contribution in [3.63, 3.8) is 0 Å². The van der Waals surface area contributed by atoms with E-state index in [1.54, 1.807) is 7.11 Å². The van der Waals surface area contributed by atoms with Crippen molar-refractivity contribution in [1.82, 2.24) is 15.3 Å². The molecular weight excluding hydrogens is 214 g/mol. The molecule has 0 radical (unpaired) electrons. The Balaban J connectivity index is 2.37.